The van der Waals surface area contributed by atoms with Crippen LogP contribution in [0.2, 0.25) is 15.3 Å². The van der Waals surface area contributed by atoms with E-state index in [9.17, 15) is 26.3 Å². The van der Waals surface area contributed by atoms with Gasteiger partial charge in [0.05, 0.1) is 21.3 Å². The Hall–Kier alpha value is -0.970. The van der Waals surface area contributed by atoms with Gasteiger partial charge in [-0.05, 0) is 23.7 Å². The largest absolute Gasteiger partial charge is 0.447 e. The molecule has 0 aliphatic rings. The maximum atomic E-state index is 12.7. The molecular weight excluding hydrogens is 427 g/mol. The Kier molecular flexibility index (Phi) is 5.16. The van der Waals surface area contributed by atoms with Crippen molar-refractivity contribution in [3.8, 4) is 5.69 Å². The lowest BCUT2D eigenvalue weighted by atomic mass is 10.2. The number of hydrogen-bond acceptors (Lipinski definition) is 3. The van der Waals surface area contributed by atoms with Gasteiger partial charge in [-0.3, -0.25) is 4.57 Å². The quantitative estimate of drug-likeness (QED) is 0.466. The molecule has 0 atom stereocenters. The first-order valence-electron chi connectivity index (χ1n) is 5.67. The number of nitrogens with two attached hydrogens (primary N) is 1. The molecule has 3 nitrogen and oxygen atoms in total. The number of hydrogen-bond donors (Lipinski definition) is 1. The van der Waals surface area contributed by atoms with Crippen molar-refractivity contribution in [1.82, 2.24) is 9.55 Å². The van der Waals surface area contributed by atoms with Gasteiger partial charge in [-0.25, -0.2) is 4.98 Å². The van der Waals surface area contributed by atoms with E-state index < -0.39 is 55.2 Å². The van der Waals surface area contributed by atoms with Gasteiger partial charge in [0.25, 0.3) is 0 Å². The number of alkyl halides is 6. The summed E-state index contributed by atoms with van der Waals surface area (Å²) in [5.74, 6) is -0.564. The van der Waals surface area contributed by atoms with Crippen molar-refractivity contribution in [2.24, 2.45) is 0 Å². The second kappa shape index (κ2) is 6.40. The first-order valence-corrected chi connectivity index (χ1v) is 7.62. The highest BCUT2D eigenvalue weighted by atomic mass is 35.5. The number of benzene rings is 1. The van der Waals surface area contributed by atoms with Gasteiger partial charge in [0, 0.05) is 11.8 Å². The smallest absolute Gasteiger partial charge is 0.382 e. The fourth-order valence-corrected chi connectivity index (χ4v) is 3.24. The van der Waals surface area contributed by atoms with Crippen LogP contribution in [0, 0.1) is 0 Å². The third-order valence-electron chi connectivity index (χ3n) is 2.62. The van der Waals surface area contributed by atoms with Gasteiger partial charge in [-0.15, -0.1) is 0 Å². The molecule has 24 heavy (non-hydrogen) atoms. The molecule has 0 fully saturated rings. The summed E-state index contributed by atoms with van der Waals surface area (Å²) < 4.78 is 76.2. The highest BCUT2D eigenvalue weighted by molar-refractivity contribution is 8.00. The fraction of sp³-hybridized carbons (Fsp3) is 0.182. The first-order chi connectivity index (χ1) is 10.8. The highest BCUT2D eigenvalue weighted by Crippen LogP contribution is 2.44. The Morgan fingerprint density at radius 2 is 1.50 bits per heavy atom. The Morgan fingerprint density at radius 1 is 1.00 bits per heavy atom. The molecule has 0 unspecified atom stereocenters. The first kappa shape index (κ1) is 19.4. The molecule has 2 N–H and O–H groups in total. The summed E-state index contributed by atoms with van der Waals surface area (Å²) >= 11 is 16.7. The number of nitrogen functional groups attached to an aromatic ring is 1. The average molecular weight is 431 g/mol. The Bertz CT molecular complexity index is 764. The molecule has 132 valence electrons. The summed E-state index contributed by atoms with van der Waals surface area (Å²) in [4.78, 5) is 3.43. The van der Waals surface area contributed by atoms with Crippen molar-refractivity contribution >= 4 is 52.4 Å². The van der Waals surface area contributed by atoms with E-state index in [1.165, 1.54) is 0 Å². The minimum atomic E-state index is -4.71. The maximum absolute atomic E-state index is 12.7. The third kappa shape index (κ3) is 3.98. The topological polar surface area (TPSA) is 43.8 Å². The van der Waals surface area contributed by atoms with Gasteiger partial charge in [0.1, 0.15) is 10.8 Å². The van der Waals surface area contributed by atoms with E-state index in [4.69, 9.17) is 40.5 Å². The van der Waals surface area contributed by atoms with Gasteiger partial charge in [-0.2, -0.15) is 26.3 Å². The number of nitrogens with zero attached hydrogens (tertiary/aromatic N) is 2. The van der Waals surface area contributed by atoms with Crippen LogP contribution < -0.4 is 5.73 Å². The predicted octanol–water partition coefficient (Wildman–Crippen LogP) is 6.05. The minimum absolute atomic E-state index is 0.310. The molecule has 0 bridgehead atoms. The minimum Gasteiger partial charge on any atom is -0.382 e. The van der Waals surface area contributed by atoms with Gasteiger partial charge in [0.2, 0.25) is 5.28 Å². The zero-order valence-electron chi connectivity index (χ0n) is 10.9. The summed E-state index contributed by atoms with van der Waals surface area (Å²) in [7, 11) is 0. The van der Waals surface area contributed by atoms with Crippen molar-refractivity contribution in [1.29, 1.82) is 0 Å². The van der Waals surface area contributed by atoms with Crippen LogP contribution in [0.15, 0.2) is 17.2 Å². The number of thioether (sulfide) groups is 1. The SMILES string of the molecule is Nc1c(SC(F)(F)F)nc(Cl)n1-c1c(Cl)cc(C(F)(F)F)cc1Cl. The normalized spacial score (nSPS) is 12.7. The number of imidazole rings is 1. The van der Waals surface area contributed by atoms with Crippen LogP contribution in [0.4, 0.5) is 32.2 Å². The molecule has 0 radical (unpaired) electrons. The third-order valence-corrected chi connectivity index (χ3v) is 4.17. The van der Waals surface area contributed by atoms with Crippen LogP contribution in [-0.4, -0.2) is 15.1 Å². The Labute approximate surface area is 149 Å². The Morgan fingerprint density at radius 3 is 1.92 bits per heavy atom. The lowest BCUT2D eigenvalue weighted by Gasteiger charge is -2.14. The van der Waals surface area contributed by atoms with Crippen LogP contribution in [0.3, 0.4) is 0 Å². The van der Waals surface area contributed by atoms with Crippen molar-refractivity contribution in [2.75, 3.05) is 5.73 Å². The van der Waals surface area contributed by atoms with Crippen molar-refractivity contribution in [3.05, 3.63) is 33.0 Å². The maximum Gasteiger partial charge on any atom is 0.447 e. The van der Waals surface area contributed by atoms with Gasteiger partial charge >= 0.3 is 11.7 Å². The van der Waals surface area contributed by atoms with Gasteiger partial charge in [0.15, 0.2) is 0 Å². The van der Waals surface area contributed by atoms with Crippen LogP contribution >= 0.6 is 46.6 Å². The number of anilines is 1. The summed E-state index contributed by atoms with van der Waals surface area (Å²) in [6, 6.07) is 1.10. The standard InChI is InChI=1S/C11H4Cl3F6N3S/c12-4-1-3(10(15,16)17)2-5(13)6(4)23-7(21)8(22-9(23)14)24-11(18,19)20/h1-2H,21H2. The summed E-state index contributed by atoms with van der Waals surface area (Å²) in [5.41, 5.74) is -0.577. The van der Waals surface area contributed by atoms with Crippen LogP contribution in [0.25, 0.3) is 5.69 Å². The lowest BCUT2D eigenvalue weighted by Crippen LogP contribution is -2.08. The highest BCUT2D eigenvalue weighted by Gasteiger charge is 2.35. The molecule has 0 spiro atoms. The number of halogens is 9. The molecule has 2 rings (SSSR count). The van der Waals surface area contributed by atoms with E-state index in [2.05, 4.69) is 4.98 Å². The van der Waals surface area contributed by atoms with Crippen molar-refractivity contribution in [3.63, 3.8) is 0 Å². The molecule has 0 aliphatic carbocycles. The van der Waals surface area contributed by atoms with Gasteiger partial charge < -0.3 is 5.73 Å². The summed E-state index contributed by atoms with van der Waals surface area (Å²) in [5, 5.41) is -2.24. The summed E-state index contributed by atoms with van der Waals surface area (Å²) in [6.07, 6.45) is -4.71. The van der Waals surface area contributed by atoms with E-state index in [1.54, 1.807) is 0 Å². The fourth-order valence-electron chi connectivity index (χ4n) is 1.73. The van der Waals surface area contributed by atoms with Crippen molar-refractivity contribution < 1.29 is 26.3 Å². The number of aromatic nitrogens is 2. The van der Waals surface area contributed by atoms with Crippen molar-refractivity contribution in [2.45, 2.75) is 16.7 Å². The lowest BCUT2D eigenvalue weighted by molar-refractivity contribution is -0.137. The van der Waals surface area contributed by atoms with E-state index >= 15 is 0 Å². The molecule has 13 heteroatoms. The second-order valence-electron chi connectivity index (χ2n) is 4.24. The monoisotopic (exact) mass is 429 g/mol. The molecule has 1 heterocycles. The Balaban J connectivity index is 2.62. The van der Waals surface area contributed by atoms with E-state index in [-0.39, 0.29) is 5.69 Å². The van der Waals surface area contributed by atoms with E-state index in [0.717, 1.165) is 4.57 Å². The van der Waals surface area contributed by atoms with E-state index in [0.29, 0.717) is 12.1 Å². The second-order valence-corrected chi connectivity index (χ2v) is 6.45. The summed E-state index contributed by atoms with van der Waals surface area (Å²) in [6.45, 7) is 0. The zero-order valence-corrected chi connectivity index (χ0v) is 14.0. The predicted molar refractivity (Wildman–Crippen MR) is 79.9 cm³/mol. The molecule has 0 saturated carbocycles. The molecule has 1 aromatic carbocycles. The van der Waals surface area contributed by atoms with Crippen LogP contribution in [0.1, 0.15) is 5.56 Å². The molecule has 0 saturated heterocycles. The molecule has 2 aromatic rings. The zero-order chi connectivity index (χ0) is 18.4. The molecular formula is C11H4Cl3F6N3S. The average Bonchev–Trinajstić information content (AvgIpc) is 2.62. The molecule has 1 aromatic heterocycles. The van der Waals surface area contributed by atoms with Crippen LogP contribution in [-0.2, 0) is 6.18 Å². The van der Waals surface area contributed by atoms with Gasteiger partial charge in [-0.1, -0.05) is 23.2 Å². The molecule has 0 amide bonds. The molecule has 0 aliphatic heterocycles. The van der Waals surface area contributed by atoms with Crippen LogP contribution in [0.5, 0.6) is 0 Å². The van der Waals surface area contributed by atoms with E-state index in [1.807, 2.05) is 0 Å². The number of rotatable bonds is 2.